The van der Waals surface area contributed by atoms with E-state index in [4.69, 9.17) is 4.18 Å². The van der Waals surface area contributed by atoms with Crippen molar-refractivity contribution in [3.8, 4) is 5.88 Å². The van der Waals surface area contributed by atoms with Crippen molar-refractivity contribution in [2.75, 3.05) is 0 Å². The monoisotopic (exact) mass is 518 g/mol. The highest BCUT2D eigenvalue weighted by Gasteiger charge is 2.30. The molecular weight excluding hydrogens is 488 g/mol. The summed E-state index contributed by atoms with van der Waals surface area (Å²) in [5.41, 5.74) is 4.25. The molecule has 1 heterocycles. The molecule has 0 atom stereocenters. The topological polar surface area (TPSA) is 69.2 Å². The van der Waals surface area contributed by atoms with E-state index in [0.29, 0.717) is 16.7 Å². The third kappa shape index (κ3) is 4.84. The summed E-state index contributed by atoms with van der Waals surface area (Å²) >= 11 is 3.48. The third-order valence-corrected chi connectivity index (χ3v) is 7.36. The first-order valence-electron chi connectivity index (χ1n) is 10.9. The summed E-state index contributed by atoms with van der Waals surface area (Å²) in [6.45, 7) is 15.9. The lowest BCUT2D eigenvalue weighted by atomic mass is 9.89. The van der Waals surface area contributed by atoms with Crippen LogP contribution in [0.3, 0.4) is 0 Å². The van der Waals surface area contributed by atoms with Crippen LogP contribution in [0, 0.1) is 13.8 Å². The number of aryl methyl sites for hydroxylation is 2. The van der Waals surface area contributed by atoms with Gasteiger partial charge in [-0.05, 0) is 66.0 Å². The van der Waals surface area contributed by atoms with Gasteiger partial charge in [-0.25, -0.2) is 4.98 Å². The molecule has 1 aromatic heterocycles. The first-order valence-corrected chi connectivity index (χ1v) is 13.1. The molecule has 0 aliphatic carbocycles. The molecule has 7 heteroatoms. The van der Waals surface area contributed by atoms with Gasteiger partial charge in [0, 0.05) is 4.47 Å². The van der Waals surface area contributed by atoms with Crippen molar-refractivity contribution in [3.05, 3.63) is 56.8 Å². The third-order valence-electron chi connectivity index (χ3n) is 5.55. The molecule has 3 rings (SSSR count). The van der Waals surface area contributed by atoms with Crippen molar-refractivity contribution in [1.29, 1.82) is 0 Å². The maximum absolute atomic E-state index is 13.8. The van der Waals surface area contributed by atoms with E-state index in [2.05, 4.69) is 39.7 Å². The fraction of sp³-hybridized carbons (Fsp3) is 0.440. The van der Waals surface area contributed by atoms with Crippen molar-refractivity contribution in [1.82, 2.24) is 9.97 Å². The van der Waals surface area contributed by atoms with E-state index in [9.17, 15) is 8.42 Å². The van der Waals surface area contributed by atoms with Crippen LogP contribution in [0.2, 0.25) is 0 Å². The standard InChI is InChI=1S/C25H31BrN2O3S/c1-13(2)18-10-20(14(3)4)24(21(11-18)15(5)6)32(29,30)31-25-22-12-19(26)9-16(7)23(22)27-17(8)28-25/h9-15H,1-8H3. The lowest BCUT2D eigenvalue weighted by Gasteiger charge is -2.22. The van der Waals surface area contributed by atoms with Gasteiger partial charge in [0.25, 0.3) is 0 Å². The van der Waals surface area contributed by atoms with Crippen molar-refractivity contribution in [2.45, 2.75) is 78.0 Å². The average Bonchev–Trinajstić information content (AvgIpc) is 2.67. The molecule has 0 aliphatic heterocycles. The summed E-state index contributed by atoms with van der Waals surface area (Å²) in [6.07, 6.45) is 0. The van der Waals surface area contributed by atoms with Crippen LogP contribution in [0.5, 0.6) is 5.88 Å². The van der Waals surface area contributed by atoms with Gasteiger partial charge >= 0.3 is 10.1 Å². The molecule has 0 unspecified atom stereocenters. The number of hydrogen-bond acceptors (Lipinski definition) is 5. The molecule has 0 amide bonds. The van der Waals surface area contributed by atoms with E-state index in [0.717, 1.165) is 26.7 Å². The Balaban J connectivity index is 2.28. The SMILES string of the molecule is Cc1nc(OS(=O)(=O)c2c(C(C)C)cc(C(C)C)cc2C(C)C)c2cc(Br)cc(C)c2n1. The van der Waals surface area contributed by atoms with E-state index in [-0.39, 0.29) is 28.5 Å². The number of rotatable bonds is 6. The van der Waals surface area contributed by atoms with Crippen molar-refractivity contribution < 1.29 is 12.6 Å². The zero-order chi connectivity index (χ0) is 24.0. The first-order chi connectivity index (χ1) is 14.8. The Labute approximate surface area is 199 Å². The van der Waals surface area contributed by atoms with Gasteiger partial charge in [0.2, 0.25) is 5.88 Å². The van der Waals surface area contributed by atoms with Crippen LogP contribution in [-0.2, 0) is 10.1 Å². The molecule has 0 fully saturated rings. The Morgan fingerprint density at radius 2 is 1.41 bits per heavy atom. The Morgan fingerprint density at radius 1 is 0.844 bits per heavy atom. The number of aromatic nitrogens is 2. The first kappa shape index (κ1) is 24.6. The summed E-state index contributed by atoms with van der Waals surface area (Å²) in [4.78, 5) is 9.10. The van der Waals surface area contributed by atoms with Crippen LogP contribution in [0.1, 0.15) is 87.4 Å². The number of nitrogens with zero attached hydrogens (tertiary/aromatic N) is 2. The summed E-state index contributed by atoms with van der Waals surface area (Å²) in [6, 6.07) is 7.73. The minimum Gasteiger partial charge on any atom is -0.357 e. The van der Waals surface area contributed by atoms with Crippen molar-refractivity contribution in [2.24, 2.45) is 0 Å². The number of hydrogen-bond donors (Lipinski definition) is 0. The molecule has 0 N–H and O–H groups in total. The molecule has 32 heavy (non-hydrogen) atoms. The van der Waals surface area contributed by atoms with E-state index < -0.39 is 10.1 Å². The van der Waals surface area contributed by atoms with Crippen LogP contribution in [-0.4, -0.2) is 18.4 Å². The van der Waals surface area contributed by atoms with E-state index in [1.165, 1.54) is 0 Å². The fourth-order valence-electron chi connectivity index (χ4n) is 3.83. The Hall–Kier alpha value is -1.99. The molecule has 0 spiro atoms. The van der Waals surface area contributed by atoms with E-state index in [1.807, 2.05) is 52.8 Å². The number of fused-ring (bicyclic) bond motifs is 1. The zero-order valence-corrected chi connectivity index (χ0v) is 22.3. The predicted octanol–water partition coefficient (Wildman–Crippen LogP) is 7.15. The van der Waals surface area contributed by atoms with E-state index >= 15 is 0 Å². The molecule has 0 radical (unpaired) electrons. The minimum atomic E-state index is -4.15. The zero-order valence-electron chi connectivity index (χ0n) is 19.9. The minimum absolute atomic E-state index is 0.0137. The molecule has 0 aliphatic rings. The summed E-state index contributed by atoms with van der Waals surface area (Å²) in [7, 11) is -4.15. The van der Waals surface area contributed by atoms with Gasteiger partial charge in [-0.1, -0.05) is 69.6 Å². The van der Waals surface area contributed by atoms with E-state index in [1.54, 1.807) is 13.0 Å². The second-order valence-corrected chi connectivity index (χ2v) is 11.6. The molecule has 172 valence electrons. The second-order valence-electron chi connectivity index (χ2n) is 9.22. The summed E-state index contributed by atoms with van der Waals surface area (Å²) in [5.74, 6) is 0.821. The highest BCUT2D eigenvalue weighted by Crippen LogP contribution is 2.37. The van der Waals surface area contributed by atoms with Gasteiger partial charge in [0.05, 0.1) is 10.9 Å². The maximum atomic E-state index is 13.8. The predicted molar refractivity (Wildman–Crippen MR) is 133 cm³/mol. The lowest BCUT2D eigenvalue weighted by molar-refractivity contribution is 0.474. The van der Waals surface area contributed by atoms with Gasteiger partial charge in [-0.3, -0.25) is 0 Å². The molecular formula is C25H31BrN2O3S. The van der Waals surface area contributed by atoms with Crippen LogP contribution in [0.25, 0.3) is 10.9 Å². The van der Waals surface area contributed by atoms with Gasteiger partial charge in [-0.2, -0.15) is 13.4 Å². The summed E-state index contributed by atoms with van der Waals surface area (Å²) < 4.78 is 34.1. The highest BCUT2D eigenvalue weighted by molar-refractivity contribution is 9.10. The molecule has 0 saturated carbocycles. The van der Waals surface area contributed by atoms with Gasteiger partial charge in [0.1, 0.15) is 10.7 Å². The highest BCUT2D eigenvalue weighted by atomic mass is 79.9. The van der Waals surface area contributed by atoms with Crippen molar-refractivity contribution in [3.63, 3.8) is 0 Å². The van der Waals surface area contributed by atoms with Gasteiger partial charge < -0.3 is 4.18 Å². The van der Waals surface area contributed by atoms with Crippen molar-refractivity contribution >= 4 is 37.0 Å². The van der Waals surface area contributed by atoms with Crippen LogP contribution in [0.4, 0.5) is 0 Å². The largest absolute Gasteiger partial charge is 0.357 e. The van der Waals surface area contributed by atoms with Gasteiger partial charge in [-0.15, -0.1) is 0 Å². The average molecular weight is 520 g/mol. The molecule has 5 nitrogen and oxygen atoms in total. The fourth-order valence-corrected chi connectivity index (χ4v) is 5.99. The van der Waals surface area contributed by atoms with Gasteiger partial charge in [0.15, 0.2) is 0 Å². The van der Waals surface area contributed by atoms with Crippen LogP contribution in [0.15, 0.2) is 33.6 Å². The number of halogens is 1. The molecule has 3 aromatic rings. The van der Waals surface area contributed by atoms with Crippen LogP contribution < -0.4 is 4.18 Å². The normalized spacial score (nSPS) is 12.4. The smallest absolute Gasteiger partial charge is 0.341 e. The molecule has 0 saturated heterocycles. The quantitative estimate of drug-likeness (QED) is 0.324. The maximum Gasteiger partial charge on any atom is 0.341 e. The number of benzene rings is 2. The molecule has 2 aromatic carbocycles. The Bertz CT molecular complexity index is 1250. The second kappa shape index (κ2) is 9.10. The lowest BCUT2D eigenvalue weighted by Crippen LogP contribution is -2.18. The Morgan fingerprint density at radius 3 is 1.91 bits per heavy atom. The molecule has 0 bridgehead atoms. The summed E-state index contributed by atoms with van der Waals surface area (Å²) in [5, 5.41) is 0.557. The Kier molecular flexibility index (Phi) is 7.01. The van der Waals surface area contributed by atoms with Crippen LogP contribution >= 0.6 is 15.9 Å².